The van der Waals surface area contributed by atoms with Gasteiger partial charge >= 0.3 is 0 Å². The average Bonchev–Trinajstić information content (AvgIpc) is 2.57. The van der Waals surface area contributed by atoms with Crippen LogP contribution in [-0.2, 0) is 20.3 Å². The first-order chi connectivity index (χ1) is 9.23. The first-order valence-electron chi connectivity index (χ1n) is 6.29. The molecule has 20 heavy (non-hydrogen) atoms. The Morgan fingerprint density at radius 1 is 1.35 bits per heavy atom. The van der Waals surface area contributed by atoms with Crippen molar-refractivity contribution < 1.29 is 17.8 Å². The maximum absolute atomic E-state index is 11.3. The maximum atomic E-state index is 11.3. The van der Waals surface area contributed by atoms with Crippen LogP contribution in [0.4, 0.5) is 5.69 Å². The fourth-order valence-corrected chi connectivity index (χ4v) is 3.23. The number of aldehydes is 1. The third kappa shape index (κ3) is 2.14. The lowest BCUT2D eigenvalue weighted by Gasteiger charge is -2.25. The third-order valence-electron chi connectivity index (χ3n) is 3.70. The minimum absolute atomic E-state index is 0.132. The van der Waals surface area contributed by atoms with E-state index in [0.29, 0.717) is 6.54 Å². The van der Waals surface area contributed by atoms with Gasteiger partial charge in [0.15, 0.2) is 0 Å². The van der Waals surface area contributed by atoms with E-state index in [1.165, 1.54) is 18.2 Å². The molecule has 1 heterocycles. The standard InChI is InChI=1S/C14H17NO4S/c1-4-15-12-6-5-10(20(17,18)19)9-11(12)14(2,3)13(15)7-8-16/h5-9H,4H2,1-3H3,(H,17,18,19). The fraction of sp³-hybridized carbons (Fsp3) is 0.357. The largest absolute Gasteiger partial charge is 0.344 e. The third-order valence-corrected chi connectivity index (χ3v) is 4.55. The molecule has 0 amide bonds. The van der Waals surface area contributed by atoms with Crippen LogP contribution < -0.4 is 4.90 Å². The first-order valence-corrected chi connectivity index (χ1v) is 7.73. The van der Waals surface area contributed by atoms with Gasteiger partial charge in [-0.3, -0.25) is 9.35 Å². The van der Waals surface area contributed by atoms with Crippen molar-refractivity contribution >= 4 is 22.1 Å². The summed E-state index contributed by atoms with van der Waals surface area (Å²) in [7, 11) is -4.24. The van der Waals surface area contributed by atoms with Gasteiger partial charge in [0.25, 0.3) is 10.1 Å². The van der Waals surface area contributed by atoms with Gasteiger partial charge in [0.05, 0.1) is 4.90 Å². The Morgan fingerprint density at radius 2 is 2.00 bits per heavy atom. The number of carbonyl (C=O) groups excluding carboxylic acids is 1. The summed E-state index contributed by atoms with van der Waals surface area (Å²) in [5.41, 5.74) is 1.96. The Kier molecular flexibility index (Phi) is 3.47. The number of hydrogen-bond acceptors (Lipinski definition) is 4. The molecule has 6 heteroatoms. The highest BCUT2D eigenvalue weighted by molar-refractivity contribution is 7.85. The summed E-state index contributed by atoms with van der Waals surface area (Å²) >= 11 is 0. The van der Waals surface area contributed by atoms with Crippen LogP contribution in [0, 0.1) is 0 Å². The lowest BCUT2D eigenvalue weighted by Crippen LogP contribution is -2.26. The van der Waals surface area contributed by atoms with E-state index in [-0.39, 0.29) is 4.90 Å². The topological polar surface area (TPSA) is 74.7 Å². The molecule has 1 aliphatic rings. The first kappa shape index (κ1) is 14.7. The molecule has 0 spiro atoms. The molecule has 0 aromatic heterocycles. The lowest BCUT2D eigenvalue weighted by atomic mass is 9.84. The van der Waals surface area contributed by atoms with Crippen molar-refractivity contribution in [3.8, 4) is 0 Å². The number of rotatable bonds is 3. The molecule has 2 rings (SSSR count). The predicted octanol–water partition coefficient (Wildman–Crippen LogP) is 2.13. The summed E-state index contributed by atoms with van der Waals surface area (Å²) in [5.74, 6) is 0. The van der Waals surface area contributed by atoms with Gasteiger partial charge in [-0.25, -0.2) is 0 Å². The fourth-order valence-electron chi connectivity index (χ4n) is 2.72. The lowest BCUT2D eigenvalue weighted by molar-refractivity contribution is -0.104. The zero-order chi connectivity index (χ0) is 15.1. The van der Waals surface area contributed by atoms with Crippen molar-refractivity contribution in [2.75, 3.05) is 11.4 Å². The van der Waals surface area contributed by atoms with E-state index in [2.05, 4.69) is 0 Å². The van der Waals surface area contributed by atoms with Crippen LogP contribution in [0.3, 0.4) is 0 Å². The molecule has 0 saturated heterocycles. The van der Waals surface area contributed by atoms with Crippen LogP contribution in [0.15, 0.2) is 34.9 Å². The normalized spacial score (nSPS) is 19.2. The van der Waals surface area contributed by atoms with Gasteiger partial charge in [0, 0.05) is 23.3 Å². The molecule has 1 aliphatic heterocycles. The van der Waals surface area contributed by atoms with Gasteiger partial charge in [-0.2, -0.15) is 8.42 Å². The number of allylic oxidation sites excluding steroid dienone is 2. The number of hydrogen-bond donors (Lipinski definition) is 1. The van der Waals surface area contributed by atoms with Crippen molar-refractivity contribution in [3.63, 3.8) is 0 Å². The number of likely N-dealkylation sites (N-methyl/N-ethyl adjacent to an activating group) is 1. The molecule has 0 fully saturated rings. The number of benzene rings is 1. The summed E-state index contributed by atoms with van der Waals surface area (Å²) in [5, 5.41) is 0. The van der Waals surface area contributed by atoms with Gasteiger partial charge in [0.1, 0.15) is 6.29 Å². The Bertz CT molecular complexity index is 689. The van der Waals surface area contributed by atoms with E-state index in [9.17, 15) is 17.8 Å². The van der Waals surface area contributed by atoms with Crippen LogP contribution in [0.5, 0.6) is 0 Å². The summed E-state index contributed by atoms with van der Waals surface area (Å²) in [4.78, 5) is 12.7. The Labute approximate surface area is 118 Å². The van der Waals surface area contributed by atoms with Crippen LogP contribution in [0.1, 0.15) is 26.3 Å². The van der Waals surface area contributed by atoms with Gasteiger partial charge < -0.3 is 4.90 Å². The number of anilines is 1. The molecule has 108 valence electrons. The SMILES string of the molecule is CCN1C(=CC=O)C(C)(C)c2cc(S(=O)(=O)O)ccc21. The van der Waals surface area contributed by atoms with Crippen molar-refractivity contribution in [1.29, 1.82) is 0 Å². The van der Waals surface area contributed by atoms with E-state index in [1.54, 1.807) is 6.07 Å². The second-order valence-electron chi connectivity index (χ2n) is 5.21. The van der Waals surface area contributed by atoms with E-state index in [0.717, 1.165) is 23.2 Å². The molecule has 5 nitrogen and oxygen atoms in total. The second-order valence-corrected chi connectivity index (χ2v) is 6.63. The number of nitrogens with zero attached hydrogens (tertiary/aromatic N) is 1. The molecule has 0 aliphatic carbocycles. The smallest absolute Gasteiger partial charge is 0.294 e. The van der Waals surface area contributed by atoms with Gasteiger partial charge in [-0.15, -0.1) is 0 Å². The molecule has 1 N–H and O–H groups in total. The average molecular weight is 295 g/mol. The monoisotopic (exact) mass is 295 g/mol. The number of carbonyl (C=O) groups is 1. The highest BCUT2D eigenvalue weighted by Gasteiger charge is 2.40. The zero-order valence-corrected chi connectivity index (χ0v) is 12.4. The summed E-state index contributed by atoms with van der Waals surface area (Å²) in [6, 6.07) is 4.51. The van der Waals surface area contributed by atoms with Gasteiger partial charge in [-0.1, -0.05) is 13.8 Å². The summed E-state index contributed by atoms with van der Waals surface area (Å²) in [6.07, 6.45) is 2.23. The maximum Gasteiger partial charge on any atom is 0.294 e. The highest BCUT2D eigenvalue weighted by Crippen LogP contribution is 2.47. The van der Waals surface area contributed by atoms with Crippen LogP contribution in [0.25, 0.3) is 0 Å². The molecule has 0 atom stereocenters. The minimum atomic E-state index is -4.24. The van der Waals surface area contributed by atoms with E-state index < -0.39 is 15.5 Å². The van der Waals surface area contributed by atoms with Crippen LogP contribution in [-0.4, -0.2) is 25.8 Å². The van der Waals surface area contributed by atoms with Gasteiger partial charge in [-0.05, 0) is 36.8 Å². The number of fused-ring (bicyclic) bond motifs is 1. The molecule has 1 aromatic carbocycles. The molecular formula is C14H17NO4S. The van der Waals surface area contributed by atoms with Crippen molar-refractivity contribution in [3.05, 3.63) is 35.5 Å². The van der Waals surface area contributed by atoms with E-state index in [4.69, 9.17) is 0 Å². The summed E-state index contributed by atoms with van der Waals surface area (Å²) < 4.78 is 31.7. The molecular weight excluding hydrogens is 278 g/mol. The molecule has 0 bridgehead atoms. The van der Waals surface area contributed by atoms with Crippen molar-refractivity contribution in [2.24, 2.45) is 0 Å². The Balaban J connectivity index is 2.72. The molecule has 0 radical (unpaired) electrons. The molecule has 0 saturated carbocycles. The van der Waals surface area contributed by atoms with Crippen LogP contribution in [0.2, 0.25) is 0 Å². The molecule has 0 unspecified atom stereocenters. The van der Waals surface area contributed by atoms with Crippen molar-refractivity contribution in [1.82, 2.24) is 0 Å². The highest BCUT2D eigenvalue weighted by atomic mass is 32.2. The molecule has 1 aromatic rings. The van der Waals surface area contributed by atoms with E-state index >= 15 is 0 Å². The quantitative estimate of drug-likeness (QED) is 0.525. The predicted molar refractivity (Wildman–Crippen MR) is 76.4 cm³/mol. The van der Waals surface area contributed by atoms with Crippen molar-refractivity contribution in [2.45, 2.75) is 31.1 Å². The van der Waals surface area contributed by atoms with E-state index in [1.807, 2.05) is 25.7 Å². The van der Waals surface area contributed by atoms with Gasteiger partial charge in [0.2, 0.25) is 0 Å². The Hall–Kier alpha value is -1.66. The summed E-state index contributed by atoms with van der Waals surface area (Å²) in [6.45, 7) is 6.47. The Morgan fingerprint density at radius 3 is 2.50 bits per heavy atom. The minimum Gasteiger partial charge on any atom is -0.344 e. The van der Waals surface area contributed by atoms with Crippen LogP contribution >= 0.6 is 0 Å². The zero-order valence-electron chi connectivity index (χ0n) is 11.6. The second kappa shape index (κ2) is 4.71.